The van der Waals surface area contributed by atoms with Crippen LogP contribution >= 0.6 is 0 Å². The van der Waals surface area contributed by atoms with Crippen LogP contribution in [0, 0.1) is 11.8 Å². The topological polar surface area (TPSA) is 9.23 Å². The predicted octanol–water partition coefficient (Wildman–Crippen LogP) is 3.24. The summed E-state index contributed by atoms with van der Waals surface area (Å²) in [5, 5.41) is 0. The maximum atomic E-state index is 5.91. The molecule has 1 aliphatic heterocycles. The number of hydrogen-bond acceptors (Lipinski definition) is 1. The number of rotatable bonds is 3. The fourth-order valence-corrected chi connectivity index (χ4v) is 2.05. The first-order chi connectivity index (χ1) is 5.63. The minimum absolute atomic E-state index is 0.231. The highest BCUT2D eigenvalue weighted by molar-refractivity contribution is 4.87. The van der Waals surface area contributed by atoms with Gasteiger partial charge in [0, 0.05) is 0 Å². The molecule has 1 fully saturated rings. The number of hydrogen-bond donors (Lipinski definition) is 0. The van der Waals surface area contributed by atoms with Crippen LogP contribution in [-0.4, -0.2) is 12.2 Å². The van der Waals surface area contributed by atoms with Crippen molar-refractivity contribution in [3.63, 3.8) is 0 Å². The lowest BCUT2D eigenvalue weighted by Gasteiger charge is -2.25. The molecule has 1 aliphatic rings. The molecule has 0 aromatic rings. The van der Waals surface area contributed by atoms with Crippen molar-refractivity contribution in [2.24, 2.45) is 11.8 Å². The molecule has 1 rings (SSSR count). The minimum atomic E-state index is 0.231. The standard InChI is InChI=1S/C11H22O/c1-5-11(6-2)7-10(8-12-11)9(3)4/h9-10H,5-8H2,1-4H3. The fourth-order valence-electron chi connectivity index (χ4n) is 2.05. The van der Waals surface area contributed by atoms with Crippen molar-refractivity contribution in [3.05, 3.63) is 0 Å². The first kappa shape index (κ1) is 10.0. The highest BCUT2D eigenvalue weighted by Crippen LogP contribution is 2.38. The second-order valence-electron chi connectivity index (χ2n) is 4.41. The molecule has 72 valence electrons. The highest BCUT2D eigenvalue weighted by atomic mass is 16.5. The maximum Gasteiger partial charge on any atom is 0.0681 e. The lowest BCUT2D eigenvalue weighted by Crippen LogP contribution is -2.25. The Balaban J connectivity index is 2.52. The van der Waals surface area contributed by atoms with E-state index < -0.39 is 0 Å². The van der Waals surface area contributed by atoms with Gasteiger partial charge in [-0.05, 0) is 31.1 Å². The first-order valence-corrected chi connectivity index (χ1v) is 5.27. The van der Waals surface area contributed by atoms with Crippen molar-refractivity contribution in [3.8, 4) is 0 Å². The van der Waals surface area contributed by atoms with Crippen LogP contribution in [-0.2, 0) is 4.74 Å². The molecule has 1 atom stereocenters. The van der Waals surface area contributed by atoms with Crippen LogP contribution in [0.5, 0.6) is 0 Å². The van der Waals surface area contributed by atoms with Crippen LogP contribution in [0.4, 0.5) is 0 Å². The van der Waals surface area contributed by atoms with Gasteiger partial charge >= 0.3 is 0 Å². The Bertz CT molecular complexity index is 136. The Morgan fingerprint density at radius 3 is 2.17 bits per heavy atom. The van der Waals surface area contributed by atoms with Gasteiger partial charge in [0.1, 0.15) is 0 Å². The summed E-state index contributed by atoms with van der Waals surface area (Å²) in [6.07, 6.45) is 3.62. The normalized spacial score (nSPS) is 28.2. The quantitative estimate of drug-likeness (QED) is 0.632. The average Bonchev–Trinajstić information content (AvgIpc) is 2.49. The Morgan fingerprint density at radius 2 is 1.92 bits per heavy atom. The first-order valence-electron chi connectivity index (χ1n) is 5.27. The van der Waals surface area contributed by atoms with Crippen LogP contribution in [0.1, 0.15) is 47.0 Å². The van der Waals surface area contributed by atoms with Gasteiger partial charge in [-0.2, -0.15) is 0 Å². The molecule has 1 unspecified atom stereocenters. The van der Waals surface area contributed by atoms with Gasteiger partial charge < -0.3 is 4.74 Å². The molecule has 0 aromatic carbocycles. The van der Waals surface area contributed by atoms with Crippen LogP contribution in [0.2, 0.25) is 0 Å². The van der Waals surface area contributed by atoms with Gasteiger partial charge in [0.05, 0.1) is 12.2 Å². The van der Waals surface area contributed by atoms with E-state index in [1.54, 1.807) is 0 Å². The molecule has 0 amide bonds. The molecule has 1 nitrogen and oxygen atoms in total. The van der Waals surface area contributed by atoms with E-state index in [-0.39, 0.29) is 5.60 Å². The van der Waals surface area contributed by atoms with E-state index in [0.29, 0.717) is 0 Å². The summed E-state index contributed by atoms with van der Waals surface area (Å²) in [5.74, 6) is 1.58. The molecule has 12 heavy (non-hydrogen) atoms. The molecule has 0 N–H and O–H groups in total. The van der Waals surface area contributed by atoms with Crippen LogP contribution in [0.3, 0.4) is 0 Å². The van der Waals surface area contributed by atoms with Gasteiger partial charge in [-0.25, -0.2) is 0 Å². The van der Waals surface area contributed by atoms with Gasteiger partial charge in [-0.3, -0.25) is 0 Å². The molecular weight excluding hydrogens is 148 g/mol. The lowest BCUT2D eigenvalue weighted by atomic mass is 9.84. The van der Waals surface area contributed by atoms with E-state index >= 15 is 0 Å². The van der Waals surface area contributed by atoms with Crippen molar-refractivity contribution >= 4 is 0 Å². The van der Waals surface area contributed by atoms with Gasteiger partial charge in [0.15, 0.2) is 0 Å². The van der Waals surface area contributed by atoms with E-state index in [1.807, 2.05) is 0 Å². The second kappa shape index (κ2) is 3.78. The minimum Gasteiger partial charge on any atom is -0.375 e. The zero-order valence-corrected chi connectivity index (χ0v) is 8.89. The van der Waals surface area contributed by atoms with Crippen molar-refractivity contribution in [2.45, 2.75) is 52.6 Å². The van der Waals surface area contributed by atoms with Crippen molar-refractivity contribution < 1.29 is 4.74 Å². The molecule has 0 aromatic heterocycles. The molecule has 0 aliphatic carbocycles. The largest absolute Gasteiger partial charge is 0.375 e. The third kappa shape index (κ3) is 1.82. The van der Waals surface area contributed by atoms with Gasteiger partial charge in [-0.15, -0.1) is 0 Å². The van der Waals surface area contributed by atoms with Gasteiger partial charge in [0.25, 0.3) is 0 Å². The van der Waals surface area contributed by atoms with E-state index in [4.69, 9.17) is 4.74 Å². The Hall–Kier alpha value is -0.0400. The summed E-state index contributed by atoms with van der Waals surface area (Å²) in [6.45, 7) is 10.1. The van der Waals surface area contributed by atoms with Crippen LogP contribution in [0.25, 0.3) is 0 Å². The van der Waals surface area contributed by atoms with E-state index in [9.17, 15) is 0 Å². The molecular formula is C11H22O. The molecule has 1 saturated heterocycles. The molecule has 0 spiro atoms. The maximum absolute atomic E-state index is 5.91. The summed E-state index contributed by atoms with van der Waals surface area (Å²) in [5.41, 5.74) is 0.231. The average molecular weight is 170 g/mol. The molecule has 0 radical (unpaired) electrons. The van der Waals surface area contributed by atoms with E-state index in [0.717, 1.165) is 18.4 Å². The zero-order chi connectivity index (χ0) is 9.19. The second-order valence-corrected chi connectivity index (χ2v) is 4.41. The number of ether oxygens (including phenoxy) is 1. The highest BCUT2D eigenvalue weighted by Gasteiger charge is 2.38. The van der Waals surface area contributed by atoms with Crippen molar-refractivity contribution in [1.29, 1.82) is 0 Å². The van der Waals surface area contributed by atoms with Gasteiger partial charge in [0.2, 0.25) is 0 Å². The summed E-state index contributed by atoms with van der Waals surface area (Å²) in [4.78, 5) is 0. The van der Waals surface area contributed by atoms with E-state index in [1.165, 1.54) is 19.3 Å². The lowest BCUT2D eigenvalue weighted by molar-refractivity contribution is -0.00316. The Morgan fingerprint density at radius 1 is 1.33 bits per heavy atom. The molecule has 0 bridgehead atoms. The molecule has 1 heterocycles. The fraction of sp³-hybridized carbons (Fsp3) is 1.00. The Kier molecular flexibility index (Phi) is 3.16. The molecule has 0 saturated carbocycles. The third-order valence-corrected chi connectivity index (χ3v) is 3.47. The summed E-state index contributed by atoms with van der Waals surface area (Å²) < 4.78 is 5.91. The van der Waals surface area contributed by atoms with Gasteiger partial charge in [-0.1, -0.05) is 27.7 Å². The summed E-state index contributed by atoms with van der Waals surface area (Å²) in [7, 11) is 0. The monoisotopic (exact) mass is 170 g/mol. The van der Waals surface area contributed by atoms with Crippen LogP contribution in [0.15, 0.2) is 0 Å². The zero-order valence-electron chi connectivity index (χ0n) is 8.89. The Labute approximate surface area is 76.5 Å². The summed E-state index contributed by atoms with van der Waals surface area (Å²) >= 11 is 0. The smallest absolute Gasteiger partial charge is 0.0681 e. The van der Waals surface area contributed by atoms with Crippen molar-refractivity contribution in [1.82, 2.24) is 0 Å². The SMILES string of the molecule is CCC1(CC)CC(C(C)C)CO1. The van der Waals surface area contributed by atoms with E-state index in [2.05, 4.69) is 27.7 Å². The van der Waals surface area contributed by atoms with Crippen molar-refractivity contribution in [2.75, 3.05) is 6.61 Å². The third-order valence-electron chi connectivity index (χ3n) is 3.47. The molecule has 1 heteroatoms. The summed E-state index contributed by atoms with van der Waals surface area (Å²) in [6, 6.07) is 0. The van der Waals surface area contributed by atoms with Crippen LogP contribution < -0.4 is 0 Å². The predicted molar refractivity (Wildman–Crippen MR) is 52.2 cm³/mol.